The molecule has 0 aromatic heterocycles. The van der Waals surface area contributed by atoms with Gasteiger partial charge in [0, 0.05) is 23.0 Å². The van der Waals surface area contributed by atoms with Gasteiger partial charge in [-0.05, 0) is 66.2 Å². The maximum absolute atomic E-state index is 13.3. The van der Waals surface area contributed by atoms with E-state index in [0.717, 1.165) is 31.3 Å². The van der Waals surface area contributed by atoms with Crippen LogP contribution in [0.3, 0.4) is 0 Å². The lowest BCUT2D eigenvalue weighted by atomic mass is 9.76. The Labute approximate surface area is 218 Å². The summed E-state index contributed by atoms with van der Waals surface area (Å²) >= 11 is 0. The normalized spacial score (nSPS) is 51.3. The number of hydrogen-bond acceptors (Lipinski definition) is 7. The van der Waals surface area contributed by atoms with Crippen molar-refractivity contribution < 1.29 is 33.6 Å². The fraction of sp³-hybridized carbons (Fsp3) is 0.667. The van der Waals surface area contributed by atoms with Crippen LogP contribution < -0.4 is 0 Å². The van der Waals surface area contributed by atoms with Crippen LogP contribution in [0, 0.1) is 17.8 Å². The molecule has 4 aliphatic heterocycles. The summed E-state index contributed by atoms with van der Waals surface area (Å²) in [5, 5.41) is 10.9. The smallest absolute Gasteiger partial charge is 0.334 e. The zero-order valence-electron chi connectivity index (χ0n) is 22.2. The Bertz CT molecular complexity index is 1130. The predicted molar refractivity (Wildman–Crippen MR) is 135 cm³/mol. The van der Waals surface area contributed by atoms with Gasteiger partial charge in [0.15, 0.2) is 0 Å². The molecule has 0 spiro atoms. The molecule has 200 valence electrons. The lowest BCUT2D eigenvalue weighted by molar-refractivity contribution is -0.141. The first-order valence-corrected chi connectivity index (χ1v) is 13.7. The van der Waals surface area contributed by atoms with Crippen LogP contribution in [0.1, 0.15) is 66.2 Å². The molecular weight excluding hydrogens is 472 g/mol. The van der Waals surface area contributed by atoms with Gasteiger partial charge in [-0.15, -0.1) is 0 Å². The highest BCUT2D eigenvalue weighted by atomic mass is 16.7. The highest BCUT2D eigenvalue weighted by Crippen LogP contribution is 2.55. The molecule has 4 saturated heterocycles. The first-order chi connectivity index (χ1) is 17.5. The molecule has 4 heterocycles. The topological polar surface area (TPSA) is 97.9 Å². The van der Waals surface area contributed by atoms with Gasteiger partial charge in [0.25, 0.3) is 0 Å². The number of aliphatic hydroxyl groups excluding tert-OH is 1. The summed E-state index contributed by atoms with van der Waals surface area (Å²) < 4.78 is 24.1. The third-order valence-corrected chi connectivity index (χ3v) is 9.73. The second kappa shape index (κ2) is 8.65. The fourth-order valence-corrected chi connectivity index (χ4v) is 7.14. The molecule has 4 fully saturated rings. The van der Waals surface area contributed by atoms with E-state index in [4.69, 9.17) is 18.9 Å². The summed E-state index contributed by atoms with van der Waals surface area (Å²) in [5.74, 6) is -1.40. The molecule has 6 aliphatic rings. The maximum atomic E-state index is 13.3. The number of aliphatic hydroxyl groups is 1. The molecule has 0 aromatic carbocycles. The second-order valence-electron chi connectivity index (χ2n) is 12.4. The van der Waals surface area contributed by atoms with E-state index >= 15 is 0 Å². The van der Waals surface area contributed by atoms with Gasteiger partial charge in [-0.3, -0.25) is 0 Å². The second-order valence-corrected chi connectivity index (χ2v) is 12.4. The van der Waals surface area contributed by atoms with Crippen molar-refractivity contribution in [2.24, 2.45) is 17.8 Å². The van der Waals surface area contributed by atoms with Crippen LogP contribution in [-0.2, 0) is 28.5 Å². The Kier molecular flexibility index (Phi) is 5.86. The molecule has 0 aromatic rings. The molecule has 37 heavy (non-hydrogen) atoms. The summed E-state index contributed by atoms with van der Waals surface area (Å²) in [6.45, 7) is 12.2. The number of fused-ring (bicyclic) bond motifs is 6. The standard InChI is InChI=1S/C30H38O7/c1-15-7-6-12-29(4)25(36-29)23-19(11-9-15)20(28(33)34-23)14-18-10-8-16(2)13-21(31)22-17(3)27(32)35-24(22)26-30(18,5)37-26/h7-8,14,18-19,21-26,31H,3,6,9-13H2,1-2,4-5H3/b15-7+,16-8+,20-14+/t18?,19-,21-,22+,23-,24-,25-,26-,29+,30+/m0/s1. The zero-order chi connectivity index (χ0) is 26.3. The quantitative estimate of drug-likeness (QED) is 0.245. The molecule has 1 N–H and O–H groups in total. The minimum Gasteiger partial charge on any atom is -0.455 e. The third kappa shape index (κ3) is 4.14. The number of esters is 2. The molecule has 6 rings (SSSR count). The fourth-order valence-electron chi connectivity index (χ4n) is 7.14. The van der Waals surface area contributed by atoms with Gasteiger partial charge < -0.3 is 24.1 Å². The highest BCUT2D eigenvalue weighted by Gasteiger charge is 2.66. The van der Waals surface area contributed by atoms with Gasteiger partial charge >= 0.3 is 11.9 Å². The average molecular weight is 511 g/mol. The van der Waals surface area contributed by atoms with Gasteiger partial charge in [0.2, 0.25) is 0 Å². The third-order valence-electron chi connectivity index (χ3n) is 9.73. The lowest BCUT2D eigenvalue weighted by Crippen LogP contribution is -2.38. The van der Waals surface area contributed by atoms with Crippen molar-refractivity contribution in [3.05, 3.63) is 47.1 Å². The van der Waals surface area contributed by atoms with Crippen molar-refractivity contribution in [1.29, 1.82) is 0 Å². The summed E-state index contributed by atoms with van der Waals surface area (Å²) in [6, 6.07) is 0. The molecule has 0 radical (unpaired) electrons. The summed E-state index contributed by atoms with van der Waals surface area (Å²) in [5.41, 5.74) is 2.50. The Hall–Kier alpha value is -2.22. The van der Waals surface area contributed by atoms with Crippen molar-refractivity contribution in [2.75, 3.05) is 0 Å². The van der Waals surface area contributed by atoms with E-state index in [2.05, 4.69) is 38.7 Å². The summed E-state index contributed by atoms with van der Waals surface area (Å²) in [4.78, 5) is 25.7. The predicted octanol–water partition coefficient (Wildman–Crippen LogP) is 4.10. The van der Waals surface area contributed by atoms with Gasteiger partial charge in [0.1, 0.15) is 30.0 Å². The van der Waals surface area contributed by atoms with Gasteiger partial charge in [-0.1, -0.05) is 36.0 Å². The van der Waals surface area contributed by atoms with Crippen molar-refractivity contribution in [3.8, 4) is 0 Å². The molecule has 0 amide bonds. The molecule has 10 atom stereocenters. The van der Waals surface area contributed by atoms with E-state index in [9.17, 15) is 14.7 Å². The molecule has 0 saturated carbocycles. The number of carbonyl (C=O) groups excluding carboxylic acids is 2. The van der Waals surface area contributed by atoms with Crippen molar-refractivity contribution in [1.82, 2.24) is 0 Å². The average Bonchev–Trinajstić information content (AvgIpc) is 3.63. The minimum absolute atomic E-state index is 0.0410. The van der Waals surface area contributed by atoms with Crippen LogP contribution in [-0.4, -0.2) is 58.8 Å². The van der Waals surface area contributed by atoms with Crippen molar-refractivity contribution >= 4 is 11.9 Å². The molecule has 7 heteroatoms. The summed E-state index contributed by atoms with van der Waals surface area (Å²) in [7, 11) is 0. The first kappa shape index (κ1) is 25.1. The zero-order valence-corrected chi connectivity index (χ0v) is 22.2. The highest BCUT2D eigenvalue weighted by molar-refractivity contribution is 5.92. The lowest BCUT2D eigenvalue weighted by Gasteiger charge is -2.26. The first-order valence-electron chi connectivity index (χ1n) is 13.7. The van der Waals surface area contributed by atoms with Gasteiger partial charge in [0.05, 0.1) is 17.6 Å². The maximum Gasteiger partial charge on any atom is 0.334 e. The van der Waals surface area contributed by atoms with E-state index in [0.29, 0.717) is 24.0 Å². The number of ether oxygens (including phenoxy) is 4. The van der Waals surface area contributed by atoms with Crippen molar-refractivity contribution in [3.63, 3.8) is 0 Å². The molecular formula is C30H38O7. The van der Waals surface area contributed by atoms with E-state index in [-0.39, 0.29) is 41.7 Å². The van der Waals surface area contributed by atoms with Gasteiger partial charge in [-0.25, -0.2) is 9.59 Å². The van der Waals surface area contributed by atoms with Crippen LogP contribution >= 0.6 is 0 Å². The SMILES string of the molecule is C=C1C(=O)O[C@H]2[C@H]1[C@@H](O)C/C(C)=C/CC(/C=C1/C(=O)O[C@H]3[C@H]1CC/C(C)=C/CC[C@@]1(C)O[C@@H]31)[C@@]1(C)O[C@@H]21. The number of epoxide rings is 2. The van der Waals surface area contributed by atoms with Crippen LogP contribution in [0.5, 0.6) is 0 Å². The van der Waals surface area contributed by atoms with Crippen LogP contribution in [0.4, 0.5) is 0 Å². The van der Waals surface area contributed by atoms with E-state index in [1.807, 2.05) is 13.8 Å². The van der Waals surface area contributed by atoms with E-state index in [1.165, 1.54) is 5.57 Å². The Balaban J connectivity index is 1.34. The van der Waals surface area contributed by atoms with Crippen LogP contribution in [0.15, 0.2) is 47.1 Å². The number of rotatable bonds is 1. The Morgan fingerprint density at radius 3 is 2.57 bits per heavy atom. The van der Waals surface area contributed by atoms with Crippen molar-refractivity contribution in [2.45, 2.75) is 108 Å². The van der Waals surface area contributed by atoms with E-state index in [1.54, 1.807) is 0 Å². The Morgan fingerprint density at radius 1 is 1.03 bits per heavy atom. The van der Waals surface area contributed by atoms with E-state index < -0.39 is 29.7 Å². The van der Waals surface area contributed by atoms with Crippen LogP contribution in [0.2, 0.25) is 0 Å². The number of hydrogen-bond donors (Lipinski definition) is 1. The minimum atomic E-state index is -0.763. The monoisotopic (exact) mass is 510 g/mol. The number of carbonyl (C=O) groups is 2. The number of allylic oxidation sites excluding steroid dienone is 3. The molecule has 1 unspecified atom stereocenters. The molecule has 7 nitrogen and oxygen atoms in total. The van der Waals surface area contributed by atoms with Gasteiger partial charge in [-0.2, -0.15) is 0 Å². The summed E-state index contributed by atoms with van der Waals surface area (Å²) in [6.07, 6.45) is 9.16. The van der Waals surface area contributed by atoms with Crippen LogP contribution in [0.25, 0.3) is 0 Å². The Morgan fingerprint density at radius 2 is 1.78 bits per heavy atom. The molecule has 2 aliphatic carbocycles. The molecule has 0 bridgehead atoms. The largest absolute Gasteiger partial charge is 0.455 e.